The predicted octanol–water partition coefficient (Wildman–Crippen LogP) is 6.47. The van der Waals surface area contributed by atoms with Gasteiger partial charge in [-0.15, -0.1) is 0 Å². The van der Waals surface area contributed by atoms with Gasteiger partial charge in [0.05, 0.1) is 34.0 Å². The van der Waals surface area contributed by atoms with Crippen LogP contribution in [0, 0.1) is 5.92 Å². The second kappa shape index (κ2) is 10.2. The third-order valence-electron chi connectivity index (χ3n) is 3.59. The molecule has 0 aliphatic heterocycles. The van der Waals surface area contributed by atoms with Crippen molar-refractivity contribution in [3.05, 3.63) is 56.5 Å². The Morgan fingerprint density at radius 2 is 1.78 bits per heavy atom. The van der Waals surface area contributed by atoms with Crippen LogP contribution in [0.2, 0.25) is 15.1 Å². The van der Waals surface area contributed by atoms with Gasteiger partial charge >= 0.3 is 0 Å². The monoisotopic (exact) mass is 429 g/mol. The SMILES string of the molecule is CCOc1ccc(C(=O)Nc2cc(Cl)c(Cl)cc2Cl)cc1COCC(C)C. The van der Waals surface area contributed by atoms with Gasteiger partial charge in [-0.05, 0) is 43.2 Å². The van der Waals surface area contributed by atoms with Crippen molar-refractivity contribution >= 4 is 46.4 Å². The number of hydrogen-bond donors (Lipinski definition) is 1. The van der Waals surface area contributed by atoms with Crippen LogP contribution in [0.25, 0.3) is 0 Å². The van der Waals surface area contributed by atoms with Crippen molar-refractivity contribution in [2.24, 2.45) is 5.92 Å². The molecule has 0 saturated heterocycles. The summed E-state index contributed by atoms with van der Waals surface area (Å²) in [6, 6.07) is 8.22. The van der Waals surface area contributed by atoms with E-state index >= 15 is 0 Å². The lowest BCUT2D eigenvalue weighted by molar-refractivity contribution is 0.0948. The van der Waals surface area contributed by atoms with Crippen molar-refractivity contribution in [1.82, 2.24) is 0 Å². The maximum Gasteiger partial charge on any atom is 0.255 e. The van der Waals surface area contributed by atoms with Crippen molar-refractivity contribution in [3.8, 4) is 5.75 Å². The van der Waals surface area contributed by atoms with Gasteiger partial charge in [0.25, 0.3) is 5.91 Å². The fraction of sp³-hybridized carbons (Fsp3) is 0.350. The Hall–Kier alpha value is -1.46. The Balaban J connectivity index is 2.21. The summed E-state index contributed by atoms with van der Waals surface area (Å²) in [4.78, 5) is 12.6. The summed E-state index contributed by atoms with van der Waals surface area (Å²) < 4.78 is 11.3. The molecule has 146 valence electrons. The first kappa shape index (κ1) is 21.8. The Morgan fingerprint density at radius 3 is 2.44 bits per heavy atom. The Kier molecular flexibility index (Phi) is 8.24. The van der Waals surface area contributed by atoms with E-state index < -0.39 is 0 Å². The van der Waals surface area contributed by atoms with Crippen LogP contribution in [-0.4, -0.2) is 19.1 Å². The van der Waals surface area contributed by atoms with Gasteiger partial charge in [-0.3, -0.25) is 4.79 Å². The molecule has 2 aromatic carbocycles. The Bertz CT molecular complexity index is 809. The zero-order valence-electron chi connectivity index (χ0n) is 15.4. The van der Waals surface area contributed by atoms with E-state index in [9.17, 15) is 4.79 Å². The van der Waals surface area contributed by atoms with Crippen LogP contribution in [0.15, 0.2) is 30.3 Å². The molecule has 0 fully saturated rings. The number of halogens is 3. The predicted molar refractivity (Wildman–Crippen MR) is 112 cm³/mol. The van der Waals surface area contributed by atoms with Crippen LogP contribution in [0.1, 0.15) is 36.7 Å². The standard InChI is InChI=1S/C20H22Cl3NO3/c1-4-27-19-6-5-13(7-14(19)11-26-10-12(2)3)20(25)24-18-9-16(22)15(21)8-17(18)23/h5-9,12H,4,10-11H2,1-3H3,(H,24,25). The van der Waals surface area contributed by atoms with Crippen molar-refractivity contribution in [2.45, 2.75) is 27.4 Å². The van der Waals surface area contributed by atoms with Crippen LogP contribution in [0.4, 0.5) is 5.69 Å². The molecule has 4 nitrogen and oxygen atoms in total. The van der Waals surface area contributed by atoms with E-state index in [1.165, 1.54) is 12.1 Å². The minimum atomic E-state index is -0.316. The maximum atomic E-state index is 12.6. The average molecular weight is 431 g/mol. The highest BCUT2D eigenvalue weighted by Crippen LogP contribution is 2.32. The number of hydrogen-bond acceptors (Lipinski definition) is 3. The molecular formula is C20H22Cl3NO3. The molecule has 1 amide bonds. The van der Waals surface area contributed by atoms with E-state index in [1.54, 1.807) is 18.2 Å². The van der Waals surface area contributed by atoms with Crippen LogP contribution in [-0.2, 0) is 11.3 Å². The summed E-state index contributed by atoms with van der Waals surface area (Å²) >= 11 is 18.1. The van der Waals surface area contributed by atoms with Crippen LogP contribution in [0.3, 0.4) is 0 Å². The smallest absolute Gasteiger partial charge is 0.255 e. The Labute approximate surface area is 174 Å². The second-order valence-electron chi connectivity index (χ2n) is 6.36. The number of amides is 1. The first-order valence-electron chi connectivity index (χ1n) is 8.61. The summed E-state index contributed by atoms with van der Waals surface area (Å²) in [5, 5.41) is 3.70. The van der Waals surface area contributed by atoms with Crippen molar-refractivity contribution in [2.75, 3.05) is 18.5 Å². The van der Waals surface area contributed by atoms with Gasteiger partial charge in [0.15, 0.2) is 0 Å². The number of benzene rings is 2. The summed E-state index contributed by atoms with van der Waals surface area (Å²) in [5.74, 6) is 0.803. The third kappa shape index (κ3) is 6.28. The highest BCUT2D eigenvalue weighted by Gasteiger charge is 2.14. The first-order valence-corrected chi connectivity index (χ1v) is 9.74. The zero-order chi connectivity index (χ0) is 20.0. The van der Waals surface area contributed by atoms with Crippen molar-refractivity contribution in [3.63, 3.8) is 0 Å². The molecule has 2 rings (SSSR count). The molecule has 0 atom stereocenters. The lowest BCUT2D eigenvalue weighted by Crippen LogP contribution is -2.13. The highest BCUT2D eigenvalue weighted by atomic mass is 35.5. The minimum Gasteiger partial charge on any atom is -0.494 e. The fourth-order valence-electron chi connectivity index (χ4n) is 2.35. The molecule has 0 saturated carbocycles. The van der Waals surface area contributed by atoms with Gasteiger partial charge in [-0.1, -0.05) is 48.7 Å². The lowest BCUT2D eigenvalue weighted by Gasteiger charge is -2.14. The lowest BCUT2D eigenvalue weighted by atomic mass is 10.1. The molecule has 0 unspecified atom stereocenters. The normalized spacial score (nSPS) is 10.9. The largest absolute Gasteiger partial charge is 0.494 e. The quantitative estimate of drug-likeness (QED) is 0.488. The first-order chi connectivity index (χ1) is 12.8. The van der Waals surface area contributed by atoms with Crippen molar-refractivity contribution in [1.29, 1.82) is 0 Å². The molecule has 0 aromatic heterocycles. The van der Waals surface area contributed by atoms with Crippen molar-refractivity contribution < 1.29 is 14.3 Å². The molecule has 0 aliphatic rings. The number of ether oxygens (including phenoxy) is 2. The Morgan fingerprint density at radius 1 is 1.07 bits per heavy atom. The molecule has 0 spiro atoms. The van der Waals surface area contributed by atoms with E-state index in [0.717, 1.165) is 5.56 Å². The maximum absolute atomic E-state index is 12.6. The van der Waals surface area contributed by atoms with Gasteiger partial charge in [0.2, 0.25) is 0 Å². The topological polar surface area (TPSA) is 47.6 Å². The molecule has 0 radical (unpaired) electrons. The molecule has 2 aromatic rings. The summed E-state index contributed by atoms with van der Waals surface area (Å²) in [5.41, 5.74) is 1.66. The zero-order valence-corrected chi connectivity index (χ0v) is 17.7. The van der Waals surface area contributed by atoms with Gasteiger partial charge < -0.3 is 14.8 Å². The van der Waals surface area contributed by atoms with E-state index in [-0.39, 0.29) is 5.91 Å². The van der Waals surface area contributed by atoms with Crippen LogP contribution >= 0.6 is 34.8 Å². The number of carbonyl (C=O) groups excluding carboxylic acids is 1. The van der Waals surface area contributed by atoms with Gasteiger partial charge in [-0.25, -0.2) is 0 Å². The number of anilines is 1. The summed E-state index contributed by atoms with van der Waals surface area (Å²) in [6.07, 6.45) is 0. The number of nitrogens with one attached hydrogen (secondary N) is 1. The summed E-state index contributed by atoms with van der Waals surface area (Å²) in [6.45, 7) is 7.58. The van der Waals surface area contributed by atoms with E-state index in [0.29, 0.717) is 57.8 Å². The molecular weight excluding hydrogens is 409 g/mol. The van der Waals surface area contributed by atoms with Crippen LogP contribution < -0.4 is 10.1 Å². The molecule has 0 aliphatic carbocycles. The molecule has 1 N–H and O–H groups in total. The second-order valence-corrected chi connectivity index (χ2v) is 7.59. The van der Waals surface area contributed by atoms with E-state index in [2.05, 4.69) is 19.2 Å². The van der Waals surface area contributed by atoms with Gasteiger partial charge in [0, 0.05) is 17.7 Å². The number of carbonyl (C=O) groups is 1. The third-order valence-corrected chi connectivity index (χ3v) is 4.62. The average Bonchev–Trinajstić information content (AvgIpc) is 2.60. The molecule has 7 heteroatoms. The minimum absolute atomic E-state index is 0.309. The molecule has 27 heavy (non-hydrogen) atoms. The molecule has 0 bridgehead atoms. The van der Waals surface area contributed by atoms with Gasteiger partial charge in [0.1, 0.15) is 5.75 Å². The number of rotatable bonds is 8. The molecule has 0 heterocycles. The van der Waals surface area contributed by atoms with Gasteiger partial charge in [-0.2, -0.15) is 0 Å². The van der Waals surface area contributed by atoms with Crippen LogP contribution in [0.5, 0.6) is 5.75 Å². The highest BCUT2D eigenvalue weighted by molar-refractivity contribution is 6.44. The van der Waals surface area contributed by atoms with E-state index in [1.807, 2.05) is 6.92 Å². The summed E-state index contributed by atoms with van der Waals surface area (Å²) in [7, 11) is 0. The fourth-order valence-corrected chi connectivity index (χ4v) is 2.94. The van der Waals surface area contributed by atoms with E-state index in [4.69, 9.17) is 44.3 Å².